The van der Waals surface area contributed by atoms with Crippen molar-refractivity contribution in [2.24, 2.45) is 5.41 Å². The van der Waals surface area contributed by atoms with E-state index in [0.29, 0.717) is 13.0 Å². The molecule has 0 radical (unpaired) electrons. The molecule has 0 bridgehead atoms. The summed E-state index contributed by atoms with van der Waals surface area (Å²) in [6.07, 6.45) is 0.676. The van der Waals surface area contributed by atoms with Crippen LogP contribution in [0.4, 0.5) is 0 Å². The van der Waals surface area contributed by atoms with E-state index in [-0.39, 0.29) is 23.6 Å². The highest BCUT2D eigenvalue weighted by atomic mass is 16.3. The molecule has 0 aliphatic rings. The second-order valence-electron chi connectivity index (χ2n) is 6.52. The van der Waals surface area contributed by atoms with E-state index in [0.717, 1.165) is 16.5 Å². The Bertz CT molecular complexity index is 656. The van der Waals surface area contributed by atoms with Crippen LogP contribution in [0.2, 0.25) is 0 Å². The van der Waals surface area contributed by atoms with E-state index in [1.165, 1.54) is 0 Å². The van der Waals surface area contributed by atoms with Gasteiger partial charge in [0, 0.05) is 30.3 Å². The maximum absolute atomic E-state index is 12.1. The van der Waals surface area contributed by atoms with Crippen molar-refractivity contribution in [2.75, 3.05) is 6.61 Å². The summed E-state index contributed by atoms with van der Waals surface area (Å²) in [6, 6.07) is 9.85. The minimum absolute atomic E-state index is 0.0341. The molecule has 2 aromatic rings. The summed E-state index contributed by atoms with van der Waals surface area (Å²) in [7, 11) is 0. The third kappa shape index (κ3) is 3.93. The number of hydrogen-bond acceptors (Lipinski definition) is 3. The maximum Gasteiger partial charge on any atom is 0.252 e. The highest BCUT2D eigenvalue weighted by Gasteiger charge is 2.23. The van der Waals surface area contributed by atoms with Gasteiger partial charge in [0.05, 0.1) is 0 Å². The van der Waals surface area contributed by atoms with Crippen LogP contribution in [0.15, 0.2) is 35.1 Å². The number of H-pyrrole nitrogens is 1. The van der Waals surface area contributed by atoms with Gasteiger partial charge in [-0.1, -0.05) is 39.0 Å². The minimum Gasteiger partial charge on any atom is -0.396 e. The van der Waals surface area contributed by atoms with Gasteiger partial charge in [0.15, 0.2) is 0 Å². The molecule has 21 heavy (non-hydrogen) atoms. The van der Waals surface area contributed by atoms with Crippen LogP contribution in [0.1, 0.15) is 32.8 Å². The van der Waals surface area contributed by atoms with Crippen LogP contribution in [-0.4, -0.2) is 22.7 Å². The first-order valence-corrected chi connectivity index (χ1v) is 7.37. The van der Waals surface area contributed by atoms with Gasteiger partial charge >= 0.3 is 0 Å². The quantitative estimate of drug-likeness (QED) is 0.791. The van der Waals surface area contributed by atoms with Crippen molar-refractivity contribution in [3.05, 3.63) is 46.2 Å². The summed E-state index contributed by atoms with van der Waals surface area (Å²) in [6.45, 7) is 7.03. The second kappa shape index (κ2) is 6.41. The van der Waals surface area contributed by atoms with Crippen LogP contribution in [0.5, 0.6) is 0 Å². The smallest absolute Gasteiger partial charge is 0.252 e. The van der Waals surface area contributed by atoms with Crippen LogP contribution in [0.25, 0.3) is 10.9 Å². The predicted molar refractivity (Wildman–Crippen MR) is 86.4 cm³/mol. The fourth-order valence-corrected chi connectivity index (χ4v) is 2.53. The third-order valence-electron chi connectivity index (χ3n) is 3.83. The number of hydrogen-bond donors (Lipinski definition) is 3. The average molecular weight is 288 g/mol. The summed E-state index contributed by atoms with van der Waals surface area (Å²) >= 11 is 0. The molecule has 1 aromatic heterocycles. The first-order valence-electron chi connectivity index (χ1n) is 7.37. The molecule has 1 aromatic carbocycles. The van der Waals surface area contributed by atoms with Crippen LogP contribution < -0.4 is 10.9 Å². The van der Waals surface area contributed by atoms with Crippen molar-refractivity contribution in [1.82, 2.24) is 10.3 Å². The molecule has 3 N–H and O–H groups in total. The number of para-hydroxylation sites is 1. The van der Waals surface area contributed by atoms with Crippen LogP contribution in [-0.2, 0) is 6.54 Å². The number of nitrogens with one attached hydrogen (secondary N) is 2. The van der Waals surface area contributed by atoms with Gasteiger partial charge < -0.3 is 15.4 Å². The van der Waals surface area contributed by atoms with Gasteiger partial charge in [-0.05, 0) is 29.4 Å². The molecule has 0 spiro atoms. The van der Waals surface area contributed by atoms with E-state index in [4.69, 9.17) is 0 Å². The lowest BCUT2D eigenvalue weighted by Crippen LogP contribution is -2.41. The summed E-state index contributed by atoms with van der Waals surface area (Å²) in [5, 5.41) is 13.6. The molecular weight excluding hydrogens is 264 g/mol. The van der Waals surface area contributed by atoms with Gasteiger partial charge in [-0.2, -0.15) is 0 Å². The summed E-state index contributed by atoms with van der Waals surface area (Å²) < 4.78 is 0. The first kappa shape index (κ1) is 15.7. The number of aromatic nitrogens is 1. The normalized spacial score (nSPS) is 13.5. The molecule has 0 fully saturated rings. The SMILES string of the molecule is CC(C)(C)C(CCO)NCc1cc2ccccc2[nH]c1=O. The summed E-state index contributed by atoms with van der Waals surface area (Å²) in [5.74, 6) is 0. The number of fused-ring (bicyclic) bond motifs is 1. The molecule has 0 amide bonds. The lowest BCUT2D eigenvalue weighted by molar-refractivity contribution is 0.196. The number of aliphatic hydroxyl groups is 1. The average Bonchev–Trinajstić information content (AvgIpc) is 2.42. The standard InChI is InChI=1S/C17H24N2O2/c1-17(2,3)15(8-9-20)18-11-13-10-12-6-4-5-7-14(12)19-16(13)21/h4-7,10,15,18,20H,8-9,11H2,1-3H3,(H,19,21). The van der Waals surface area contributed by atoms with Gasteiger partial charge in [-0.15, -0.1) is 0 Å². The van der Waals surface area contributed by atoms with E-state index in [1.807, 2.05) is 30.3 Å². The minimum atomic E-state index is -0.0575. The van der Waals surface area contributed by atoms with E-state index in [2.05, 4.69) is 31.1 Å². The molecule has 0 saturated carbocycles. The summed E-state index contributed by atoms with van der Waals surface area (Å²) in [4.78, 5) is 15.0. The van der Waals surface area contributed by atoms with Crippen molar-refractivity contribution >= 4 is 10.9 Å². The van der Waals surface area contributed by atoms with Crippen molar-refractivity contribution in [3.63, 3.8) is 0 Å². The fourth-order valence-electron chi connectivity index (χ4n) is 2.53. The van der Waals surface area contributed by atoms with Gasteiger partial charge in [0.1, 0.15) is 0 Å². The number of aromatic amines is 1. The van der Waals surface area contributed by atoms with Crippen molar-refractivity contribution in [3.8, 4) is 0 Å². The van der Waals surface area contributed by atoms with E-state index < -0.39 is 0 Å². The van der Waals surface area contributed by atoms with Crippen LogP contribution >= 0.6 is 0 Å². The Kier molecular flexibility index (Phi) is 4.80. The number of rotatable bonds is 5. The Balaban J connectivity index is 2.19. The third-order valence-corrected chi connectivity index (χ3v) is 3.83. The van der Waals surface area contributed by atoms with Gasteiger partial charge in [-0.25, -0.2) is 0 Å². The summed E-state index contributed by atoms with van der Waals surface area (Å²) in [5.41, 5.74) is 1.56. The van der Waals surface area contributed by atoms with Crippen LogP contribution in [0, 0.1) is 5.41 Å². The molecule has 2 rings (SSSR count). The molecule has 1 unspecified atom stereocenters. The number of aliphatic hydroxyl groups excluding tert-OH is 1. The molecule has 1 atom stereocenters. The Morgan fingerprint density at radius 1 is 1.29 bits per heavy atom. The van der Waals surface area contributed by atoms with E-state index >= 15 is 0 Å². The lowest BCUT2D eigenvalue weighted by atomic mass is 9.85. The molecule has 4 nitrogen and oxygen atoms in total. The van der Waals surface area contributed by atoms with E-state index in [9.17, 15) is 9.90 Å². The van der Waals surface area contributed by atoms with Crippen molar-refractivity contribution in [2.45, 2.75) is 39.8 Å². The highest BCUT2D eigenvalue weighted by molar-refractivity contribution is 5.78. The maximum atomic E-state index is 12.1. The Morgan fingerprint density at radius 3 is 2.67 bits per heavy atom. The number of pyridine rings is 1. The number of benzene rings is 1. The molecule has 1 heterocycles. The van der Waals surface area contributed by atoms with Crippen LogP contribution in [0.3, 0.4) is 0 Å². The predicted octanol–water partition coefficient (Wildman–Crippen LogP) is 2.41. The van der Waals surface area contributed by atoms with Crippen molar-refractivity contribution in [1.29, 1.82) is 0 Å². The Hall–Kier alpha value is -1.65. The molecular formula is C17H24N2O2. The first-order chi connectivity index (χ1) is 9.91. The monoisotopic (exact) mass is 288 g/mol. The highest BCUT2D eigenvalue weighted by Crippen LogP contribution is 2.22. The van der Waals surface area contributed by atoms with Crippen molar-refractivity contribution < 1.29 is 5.11 Å². The van der Waals surface area contributed by atoms with E-state index in [1.54, 1.807) is 0 Å². The Labute approximate surface area is 125 Å². The van der Waals surface area contributed by atoms with Gasteiger partial charge in [0.25, 0.3) is 5.56 Å². The molecule has 0 saturated heterocycles. The molecule has 114 valence electrons. The zero-order chi connectivity index (χ0) is 15.5. The van der Waals surface area contributed by atoms with Gasteiger partial charge in [-0.3, -0.25) is 4.79 Å². The largest absolute Gasteiger partial charge is 0.396 e. The fraction of sp³-hybridized carbons (Fsp3) is 0.471. The van der Waals surface area contributed by atoms with Gasteiger partial charge in [0.2, 0.25) is 0 Å². The lowest BCUT2D eigenvalue weighted by Gasteiger charge is -2.31. The zero-order valence-corrected chi connectivity index (χ0v) is 12.9. The molecule has 4 heteroatoms. The molecule has 0 aliphatic heterocycles. The second-order valence-corrected chi connectivity index (χ2v) is 6.52. The zero-order valence-electron chi connectivity index (χ0n) is 12.9. The topological polar surface area (TPSA) is 65.1 Å². The Morgan fingerprint density at radius 2 is 2.00 bits per heavy atom. The molecule has 0 aliphatic carbocycles.